The molecule has 0 heterocycles. The lowest BCUT2D eigenvalue weighted by Gasteiger charge is -2.21. The average Bonchev–Trinajstić information content (AvgIpc) is 2.92. The fraction of sp³-hybridized carbons (Fsp3) is 0.172. The molecule has 6 N–H and O–H groups in total. The Morgan fingerprint density at radius 1 is 0.974 bits per heavy atom. The maximum absolute atomic E-state index is 13.6. The molecule has 0 aliphatic carbocycles. The fourth-order valence-electron chi connectivity index (χ4n) is 3.44. The van der Waals surface area contributed by atoms with Gasteiger partial charge < -0.3 is 21.1 Å². The van der Waals surface area contributed by atoms with Gasteiger partial charge in [0.05, 0.1) is 12.6 Å². The van der Waals surface area contributed by atoms with Gasteiger partial charge >= 0.3 is 0 Å². The SMILES string of the molecule is C=C(N[C@H](C(=O)NO)[C@@H](C)O)c1ccc(C#Cc2ccc(NC(=O)CNCc3ccccc3F)cc2)cc1. The molecule has 3 aromatic rings. The largest absolute Gasteiger partial charge is 0.391 e. The number of carbonyl (C=O) groups is 2. The molecule has 38 heavy (non-hydrogen) atoms. The first kappa shape index (κ1) is 28.1. The zero-order valence-corrected chi connectivity index (χ0v) is 20.8. The minimum atomic E-state index is -1.06. The molecule has 3 aromatic carbocycles. The van der Waals surface area contributed by atoms with Gasteiger partial charge in [0, 0.05) is 34.6 Å². The van der Waals surface area contributed by atoms with Crippen LogP contribution in [0.15, 0.2) is 79.4 Å². The third-order valence-corrected chi connectivity index (χ3v) is 5.52. The Labute approximate surface area is 220 Å². The van der Waals surface area contributed by atoms with Gasteiger partial charge in [-0.15, -0.1) is 0 Å². The van der Waals surface area contributed by atoms with Crippen molar-refractivity contribution in [1.29, 1.82) is 0 Å². The van der Waals surface area contributed by atoms with Gasteiger partial charge in [0.2, 0.25) is 5.91 Å². The lowest BCUT2D eigenvalue weighted by Crippen LogP contribution is -2.48. The predicted molar refractivity (Wildman–Crippen MR) is 143 cm³/mol. The molecule has 196 valence electrons. The van der Waals surface area contributed by atoms with Gasteiger partial charge in [0.15, 0.2) is 0 Å². The average molecular weight is 517 g/mol. The van der Waals surface area contributed by atoms with E-state index in [2.05, 4.69) is 34.4 Å². The van der Waals surface area contributed by atoms with E-state index < -0.39 is 18.1 Å². The number of anilines is 1. The quantitative estimate of drug-likeness (QED) is 0.140. The number of halogens is 1. The van der Waals surface area contributed by atoms with Crippen LogP contribution >= 0.6 is 0 Å². The Hall–Kier alpha value is -4.49. The summed E-state index contributed by atoms with van der Waals surface area (Å²) in [7, 11) is 0. The smallest absolute Gasteiger partial charge is 0.268 e. The molecule has 0 saturated heterocycles. The highest BCUT2D eigenvalue weighted by molar-refractivity contribution is 5.92. The lowest BCUT2D eigenvalue weighted by molar-refractivity contribution is -0.133. The molecule has 0 aliphatic heterocycles. The second kappa shape index (κ2) is 13.7. The van der Waals surface area contributed by atoms with Crippen LogP contribution in [-0.2, 0) is 16.1 Å². The van der Waals surface area contributed by atoms with E-state index in [9.17, 15) is 19.1 Å². The van der Waals surface area contributed by atoms with E-state index in [4.69, 9.17) is 5.21 Å². The predicted octanol–water partition coefficient (Wildman–Crippen LogP) is 2.77. The second-order valence-electron chi connectivity index (χ2n) is 8.47. The number of rotatable bonds is 10. The van der Waals surface area contributed by atoms with E-state index in [1.807, 2.05) is 0 Å². The Morgan fingerprint density at radius 3 is 2.16 bits per heavy atom. The molecule has 0 saturated carbocycles. The van der Waals surface area contributed by atoms with Crippen molar-refractivity contribution >= 4 is 23.2 Å². The first-order valence-electron chi connectivity index (χ1n) is 11.8. The highest BCUT2D eigenvalue weighted by atomic mass is 19.1. The maximum atomic E-state index is 13.6. The molecule has 0 spiro atoms. The van der Waals surface area contributed by atoms with E-state index in [-0.39, 0.29) is 24.8 Å². The van der Waals surface area contributed by atoms with Crippen LogP contribution in [0, 0.1) is 17.7 Å². The highest BCUT2D eigenvalue weighted by Gasteiger charge is 2.23. The summed E-state index contributed by atoms with van der Waals surface area (Å²) in [5.74, 6) is 4.78. The van der Waals surface area contributed by atoms with Crippen molar-refractivity contribution in [3.8, 4) is 11.8 Å². The summed E-state index contributed by atoms with van der Waals surface area (Å²) in [5.41, 5.74) is 5.23. The van der Waals surface area contributed by atoms with Crippen molar-refractivity contribution < 1.29 is 24.3 Å². The maximum Gasteiger partial charge on any atom is 0.268 e. The molecule has 0 aliphatic rings. The molecule has 0 fully saturated rings. The molecule has 8 nitrogen and oxygen atoms in total. The van der Waals surface area contributed by atoms with E-state index in [1.54, 1.807) is 66.7 Å². The first-order valence-corrected chi connectivity index (χ1v) is 11.8. The number of amides is 2. The summed E-state index contributed by atoms with van der Waals surface area (Å²) in [6.45, 7) is 5.60. The topological polar surface area (TPSA) is 123 Å². The molecule has 9 heteroatoms. The van der Waals surface area contributed by atoms with Gasteiger partial charge in [-0.05, 0) is 55.0 Å². The first-order chi connectivity index (χ1) is 18.3. The Bertz CT molecular complexity index is 1330. The van der Waals surface area contributed by atoms with Crippen LogP contribution in [-0.4, -0.2) is 40.8 Å². The molecule has 2 atom stereocenters. The number of aliphatic hydroxyl groups is 1. The second-order valence-corrected chi connectivity index (χ2v) is 8.47. The lowest BCUT2D eigenvalue weighted by atomic mass is 10.1. The summed E-state index contributed by atoms with van der Waals surface area (Å²) in [5, 5.41) is 27.1. The van der Waals surface area contributed by atoms with Crippen LogP contribution in [0.1, 0.15) is 29.2 Å². The van der Waals surface area contributed by atoms with Gasteiger partial charge in [0.25, 0.3) is 5.91 Å². The van der Waals surface area contributed by atoms with Gasteiger partial charge in [-0.25, -0.2) is 9.87 Å². The van der Waals surface area contributed by atoms with Crippen molar-refractivity contribution in [2.45, 2.75) is 25.6 Å². The van der Waals surface area contributed by atoms with Crippen LogP contribution < -0.4 is 21.4 Å². The summed E-state index contributed by atoms with van der Waals surface area (Å²) in [6, 6.07) is 19.6. The van der Waals surface area contributed by atoms with Gasteiger partial charge in [-0.3, -0.25) is 14.8 Å². The van der Waals surface area contributed by atoms with E-state index in [1.165, 1.54) is 18.5 Å². The molecular formula is C29H29FN4O4. The third-order valence-electron chi connectivity index (χ3n) is 5.52. The molecule has 2 amide bonds. The zero-order valence-electron chi connectivity index (χ0n) is 20.8. The van der Waals surface area contributed by atoms with Crippen molar-refractivity contribution in [2.75, 3.05) is 11.9 Å². The molecule has 0 bridgehead atoms. The number of carbonyl (C=O) groups excluding carboxylic acids is 2. The summed E-state index contributed by atoms with van der Waals surface area (Å²) in [4.78, 5) is 23.8. The van der Waals surface area contributed by atoms with E-state index in [0.717, 1.165) is 11.1 Å². The van der Waals surface area contributed by atoms with E-state index >= 15 is 0 Å². The minimum Gasteiger partial charge on any atom is -0.391 e. The zero-order chi connectivity index (χ0) is 27.5. The number of benzene rings is 3. The Balaban J connectivity index is 1.51. The van der Waals surface area contributed by atoms with Crippen LogP contribution in [0.5, 0.6) is 0 Å². The van der Waals surface area contributed by atoms with Crippen molar-refractivity contribution in [1.82, 2.24) is 16.1 Å². The van der Waals surface area contributed by atoms with Crippen LogP contribution in [0.4, 0.5) is 10.1 Å². The van der Waals surface area contributed by atoms with Gasteiger partial charge in [-0.1, -0.05) is 48.8 Å². The molecule has 0 aromatic heterocycles. The fourth-order valence-corrected chi connectivity index (χ4v) is 3.44. The van der Waals surface area contributed by atoms with Crippen molar-refractivity contribution in [2.24, 2.45) is 0 Å². The molecule has 0 unspecified atom stereocenters. The normalized spacial score (nSPS) is 11.9. The van der Waals surface area contributed by atoms with E-state index in [0.29, 0.717) is 22.5 Å². The number of hydrogen-bond donors (Lipinski definition) is 6. The Kier molecular flexibility index (Phi) is 10.1. The molecule has 3 rings (SSSR count). The van der Waals surface area contributed by atoms with Crippen LogP contribution in [0.3, 0.4) is 0 Å². The summed E-state index contributed by atoms with van der Waals surface area (Å²) >= 11 is 0. The van der Waals surface area contributed by atoms with Crippen molar-refractivity contribution in [3.05, 3.63) is 107 Å². The number of hydroxylamine groups is 1. The van der Waals surface area contributed by atoms with Crippen LogP contribution in [0.2, 0.25) is 0 Å². The van der Waals surface area contributed by atoms with Gasteiger partial charge in [-0.2, -0.15) is 0 Å². The highest BCUT2D eigenvalue weighted by Crippen LogP contribution is 2.13. The van der Waals surface area contributed by atoms with Gasteiger partial charge in [0.1, 0.15) is 11.9 Å². The molecular weight excluding hydrogens is 487 g/mol. The van der Waals surface area contributed by atoms with Crippen LogP contribution in [0.25, 0.3) is 5.70 Å². The van der Waals surface area contributed by atoms with Crippen molar-refractivity contribution in [3.63, 3.8) is 0 Å². The summed E-state index contributed by atoms with van der Waals surface area (Å²) < 4.78 is 13.6. The molecule has 0 radical (unpaired) electrons. The Morgan fingerprint density at radius 2 is 1.58 bits per heavy atom. The standard InChI is InChI=1S/C29H29FN4O4/c1-19(32-28(20(2)35)29(37)34-38)23-13-9-21(10-14-23)7-8-22-11-15-25(16-12-22)33-27(36)18-31-17-24-5-3-4-6-26(24)30/h3-6,9-16,20,28,31-32,35,38H,1,17-18H2,2H3,(H,33,36)(H,34,37)/t20-,28+/m1/s1. The number of nitrogens with one attached hydrogen (secondary N) is 4. The summed E-state index contributed by atoms with van der Waals surface area (Å²) in [6.07, 6.45) is -1.05. The number of hydrogen-bond acceptors (Lipinski definition) is 6. The monoisotopic (exact) mass is 516 g/mol. The minimum absolute atomic E-state index is 0.0438. The number of aliphatic hydroxyl groups excluding tert-OH is 1. The third kappa shape index (κ3) is 8.28.